The van der Waals surface area contributed by atoms with Crippen LogP contribution in [0.5, 0.6) is 0 Å². The Kier molecular flexibility index (Phi) is 11.4. The first-order valence-electron chi connectivity index (χ1n) is 7.29. The number of carbonyl (C=O) groups excluding carboxylic acids is 1. The minimum atomic E-state index is -0.286. The molecule has 1 aromatic carbocycles. The number of nitrogens with two attached hydrogens (primary N) is 1. The number of nitrogens with one attached hydrogen (secondary N) is 1. The van der Waals surface area contributed by atoms with E-state index in [0.29, 0.717) is 30.5 Å². The zero-order valence-electron chi connectivity index (χ0n) is 13.5. The number of anilines is 2. The third-order valence-electron chi connectivity index (χ3n) is 3.60. The summed E-state index contributed by atoms with van der Waals surface area (Å²) in [4.78, 5) is 14.3. The van der Waals surface area contributed by atoms with Gasteiger partial charge in [0.25, 0.3) is 0 Å². The number of hydrogen-bond donors (Lipinski definition) is 2. The minimum Gasteiger partial charge on any atom is -0.380 e. The first-order chi connectivity index (χ1) is 10.7. The minimum absolute atomic E-state index is 0. The fourth-order valence-corrected chi connectivity index (χ4v) is 2.69. The second-order valence-corrected chi connectivity index (χ2v) is 5.49. The molecule has 1 fully saturated rings. The summed E-state index contributed by atoms with van der Waals surface area (Å²) in [6, 6.07) is 5.48. The molecule has 0 aromatic heterocycles. The largest absolute Gasteiger partial charge is 0.380 e. The Morgan fingerprint density at radius 3 is 2.67 bits per heavy atom. The molecule has 138 valence electrons. The summed E-state index contributed by atoms with van der Waals surface area (Å²) in [5, 5.41) is 3.52. The Morgan fingerprint density at radius 2 is 2.08 bits per heavy atom. The van der Waals surface area contributed by atoms with E-state index in [1.165, 1.54) is 0 Å². The Morgan fingerprint density at radius 1 is 1.42 bits per heavy atom. The molecule has 1 aliphatic heterocycles. The lowest BCUT2D eigenvalue weighted by molar-refractivity contribution is -0.118. The van der Waals surface area contributed by atoms with Crippen molar-refractivity contribution in [3.8, 4) is 0 Å². The van der Waals surface area contributed by atoms with Gasteiger partial charge in [0.2, 0.25) is 5.91 Å². The van der Waals surface area contributed by atoms with Crippen LogP contribution in [0.15, 0.2) is 18.2 Å². The van der Waals surface area contributed by atoms with Crippen LogP contribution in [0.3, 0.4) is 0 Å². The van der Waals surface area contributed by atoms with Gasteiger partial charge >= 0.3 is 0 Å². The van der Waals surface area contributed by atoms with Crippen molar-refractivity contribution in [2.75, 3.05) is 50.2 Å². The van der Waals surface area contributed by atoms with Gasteiger partial charge in [-0.2, -0.15) is 0 Å². The van der Waals surface area contributed by atoms with Gasteiger partial charge < -0.3 is 25.4 Å². The zero-order valence-corrected chi connectivity index (χ0v) is 15.9. The molecule has 1 unspecified atom stereocenters. The van der Waals surface area contributed by atoms with Gasteiger partial charge in [0, 0.05) is 26.7 Å². The quantitative estimate of drug-likeness (QED) is 0.766. The monoisotopic (exact) mass is 399 g/mol. The van der Waals surface area contributed by atoms with Crippen molar-refractivity contribution in [3.63, 3.8) is 0 Å². The number of ether oxygens (including phenoxy) is 2. The summed E-state index contributed by atoms with van der Waals surface area (Å²) in [7, 11) is 1.54. The molecule has 1 aromatic rings. The Hall–Kier alpha value is -0.760. The van der Waals surface area contributed by atoms with E-state index in [9.17, 15) is 4.79 Å². The molecule has 1 atom stereocenters. The third kappa shape index (κ3) is 6.27. The molecule has 9 heteroatoms. The van der Waals surface area contributed by atoms with Crippen molar-refractivity contribution in [1.82, 2.24) is 0 Å². The standard InChI is InChI=1S/C15H22ClN3O3.2ClH/c1-21-11(10-17)9-14(20)18-13-4-2-3-12(16)15(13)19-5-7-22-8-6-19;;/h2-4,11H,5-10,17H2,1H3,(H,18,20);2*1H. The first-order valence-corrected chi connectivity index (χ1v) is 7.67. The Bertz CT molecular complexity index is 510. The van der Waals surface area contributed by atoms with Crippen LogP contribution in [-0.2, 0) is 14.3 Å². The predicted octanol–water partition coefficient (Wildman–Crippen LogP) is 2.32. The highest BCUT2D eigenvalue weighted by Gasteiger charge is 2.20. The van der Waals surface area contributed by atoms with Gasteiger partial charge in [0.15, 0.2) is 0 Å². The second kappa shape index (κ2) is 11.7. The highest BCUT2D eigenvalue weighted by atomic mass is 35.5. The number of methoxy groups -OCH3 is 1. The first kappa shape index (κ1) is 23.2. The van der Waals surface area contributed by atoms with Crippen LogP contribution in [0.25, 0.3) is 0 Å². The van der Waals surface area contributed by atoms with E-state index >= 15 is 0 Å². The highest BCUT2D eigenvalue weighted by Crippen LogP contribution is 2.34. The van der Waals surface area contributed by atoms with Crippen LogP contribution in [-0.4, -0.2) is 52.0 Å². The third-order valence-corrected chi connectivity index (χ3v) is 3.90. The van der Waals surface area contributed by atoms with Crippen LogP contribution in [0.1, 0.15) is 6.42 Å². The van der Waals surface area contributed by atoms with Crippen LogP contribution in [0, 0.1) is 0 Å². The second-order valence-electron chi connectivity index (χ2n) is 5.08. The number of halogens is 3. The number of benzene rings is 1. The molecule has 0 saturated carbocycles. The van der Waals surface area contributed by atoms with E-state index in [1.807, 2.05) is 18.2 Å². The van der Waals surface area contributed by atoms with Gasteiger partial charge in [0.1, 0.15) is 0 Å². The molecule has 0 bridgehead atoms. The van der Waals surface area contributed by atoms with Crippen LogP contribution >= 0.6 is 36.4 Å². The van der Waals surface area contributed by atoms with Gasteiger partial charge in [-0.05, 0) is 12.1 Å². The topological polar surface area (TPSA) is 76.8 Å². The van der Waals surface area contributed by atoms with Crippen LogP contribution in [0.2, 0.25) is 5.02 Å². The average Bonchev–Trinajstić information content (AvgIpc) is 2.53. The Labute approximate surface area is 159 Å². The van der Waals surface area contributed by atoms with Crippen LogP contribution < -0.4 is 16.0 Å². The van der Waals surface area contributed by atoms with E-state index in [0.717, 1.165) is 18.8 Å². The SMILES string of the molecule is COC(CN)CC(=O)Nc1cccc(Cl)c1N1CCOCC1.Cl.Cl. The van der Waals surface area contributed by atoms with Crippen molar-refractivity contribution in [2.45, 2.75) is 12.5 Å². The van der Waals surface area contributed by atoms with Crippen molar-refractivity contribution in [1.29, 1.82) is 0 Å². The lowest BCUT2D eigenvalue weighted by Gasteiger charge is -2.31. The number of amides is 1. The zero-order chi connectivity index (χ0) is 15.9. The van der Waals surface area contributed by atoms with Crippen molar-refractivity contribution in [2.24, 2.45) is 5.73 Å². The van der Waals surface area contributed by atoms with Gasteiger partial charge in [-0.25, -0.2) is 0 Å². The summed E-state index contributed by atoms with van der Waals surface area (Å²) in [5.41, 5.74) is 7.08. The maximum absolute atomic E-state index is 12.2. The smallest absolute Gasteiger partial charge is 0.227 e. The molecule has 1 heterocycles. The number of rotatable bonds is 6. The summed E-state index contributed by atoms with van der Waals surface area (Å²) in [6.45, 7) is 3.09. The van der Waals surface area contributed by atoms with Gasteiger partial charge in [0.05, 0.1) is 42.1 Å². The molecule has 0 spiro atoms. The number of morpholine rings is 1. The summed E-state index contributed by atoms with van der Waals surface area (Å²) in [5.74, 6) is -0.144. The van der Waals surface area contributed by atoms with Gasteiger partial charge in [-0.3, -0.25) is 4.79 Å². The molecule has 2 rings (SSSR count). The molecule has 0 aliphatic carbocycles. The van der Waals surface area contributed by atoms with Crippen LogP contribution in [0.4, 0.5) is 11.4 Å². The summed E-state index contributed by atoms with van der Waals surface area (Å²) < 4.78 is 10.5. The van der Waals surface area contributed by atoms with E-state index in [1.54, 1.807) is 7.11 Å². The highest BCUT2D eigenvalue weighted by molar-refractivity contribution is 6.34. The Balaban J connectivity index is 0.00000264. The van der Waals surface area contributed by atoms with E-state index < -0.39 is 0 Å². The average molecular weight is 401 g/mol. The van der Waals surface area contributed by atoms with E-state index in [2.05, 4.69) is 10.2 Å². The molecule has 24 heavy (non-hydrogen) atoms. The maximum Gasteiger partial charge on any atom is 0.227 e. The van der Waals surface area contributed by atoms with Gasteiger partial charge in [-0.1, -0.05) is 17.7 Å². The predicted molar refractivity (Wildman–Crippen MR) is 102 cm³/mol. The number of hydrogen-bond acceptors (Lipinski definition) is 5. The summed E-state index contributed by atoms with van der Waals surface area (Å²) in [6.07, 6.45) is -0.0757. The molecule has 0 radical (unpaired) electrons. The lowest BCUT2D eigenvalue weighted by Crippen LogP contribution is -2.37. The van der Waals surface area contributed by atoms with E-state index in [4.69, 9.17) is 26.8 Å². The maximum atomic E-state index is 12.2. The van der Waals surface area contributed by atoms with Crippen molar-refractivity contribution < 1.29 is 14.3 Å². The van der Waals surface area contributed by atoms with Crippen molar-refractivity contribution >= 4 is 53.7 Å². The fraction of sp³-hybridized carbons (Fsp3) is 0.533. The fourth-order valence-electron chi connectivity index (χ4n) is 2.40. The van der Waals surface area contributed by atoms with E-state index in [-0.39, 0.29) is 43.2 Å². The lowest BCUT2D eigenvalue weighted by atomic mass is 10.2. The molecule has 1 aliphatic rings. The molecule has 1 amide bonds. The number of para-hydroxylation sites is 1. The molecule has 6 nitrogen and oxygen atoms in total. The summed E-state index contributed by atoms with van der Waals surface area (Å²) >= 11 is 6.33. The van der Waals surface area contributed by atoms with Gasteiger partial charge in [-0.15, -0.1) is 24.8 Å². The molecular weight excluding hydrogens is 377 g/mol. The molecule has 1 saturated heterocycles. The number of carbonyl (C=O) groups is 1. The normalized spacial score (nSPS) is 15.0. The molecular formula is C15H24Cl3N3O3. The number of nitrogens with zero attached hydrogens (tertiary/aromatic N) is 1. The van der Waals surface area contributed by atoms with Crippen molar-refractivity contribution in [3.05, 3.63) is 23.2 Å². The molecule has 3 N–H and O–H groups in total.